The molecule has 0 spiro atoms. The molecule has 13 nitrogen and oxygen atoms in total. The van der Waals surface area contributed by atoms with Gasteiger partial charge in [-0.15, -0.1) is 5.10 Å². The number of rotatable bonds is 10. The highest BCUT2D eigenvalue weighted by Crippen LogP contribution is 2.42. The highest BCUT2D eigenvalue weighted by molar-refractivity contribution is 6.39. The summed E-state index contributed by atoms with van der Waals surface area (Å²) >= 11 is 14.0. The highest BCUT2D eigenvalue weighted by atomic mass is 35.5. The minimum atomic E-state index is -1.11. The van der Waals surface area contributed by atoms with Gasteiger partial charge >= 0.3 is 6.09 Å². The van der Waals surface area contributed by atoms with Crippen molar-refractivity contribution < 1.29 is 29.3 Å². The van der Waals surface area contributed by atoms with Crippen molar-refractivity contribution in [2.24, 2.45) is 0 Å². The average Bonchev–Trinajstić information content (AvgIpc) is 3.69. The maximum Gasteiger partial charge on any atom is 0.407 e. The zero-order valence-corrected chi connectivity index (χ0v) is 26.8. The number of halogens is 2. The van der Waals surface area contributed by atoms with E-state index in [-0.39, 0.29) is 43.3 Å². The molecule has 5 heterocycles. The minimum Gasteiger partial charge on any atom is -0.493 e. The number of benzene rings is 1. The Hall–Kier alpha value is -4.98. The SMILES string of the molecule is COc1nc(-c2cccc(-c3ccnc(-c4cc(OC)c5nc(CO)nn5c4)c3Cl)c2Cl)ccc1CN(CC1CCC(=O)N1)C(=O)O. The lowest BCUT2D eigenvalue weighted by Crippen LogP contribution is -2.41. The molecule has 5 aromatic rings. The Morgan fingerprint density at radius 3 is 2.57 bits per heavy atom. The summed E-state index contributed by atoms with van der Waals surface area (Å²) in [4.78, 5) is 38.3. The number of hydrogen-bond acceptors (Lipinski definition) is 9. The van der Waals surface area contributed by atoms with Gasteiger partial charge in [0.2, 0.25) is 11.8 Å². The first kappa shape index (κ1) is 32.0. The normalized spacial score (nSPS) is 14.3. The second-order valence-electron chi connectivity index (χ2n) is 10.8. The van der Waals surface area contributed by atoms with Crippen LogP contribution in [0.3, 0.4) is 0 Å². The summed E-state index contributed by atoms with van der Waals surface area (Å²) in [6.07, 6.45) is 3.16. The van der Waals surface area contributed by atoms with Crippen molar-refractivity contribution >= 4 is 40.8 Å². The first-order valence-corrected chi connectivity index (χ1v) is 15.3. The van der Waals surface area contributed by atoms with Crippen LogP contribution in [0.5, 0.6) is 11.6 Å². The van der Waals surface area contributed by atoms with Gasteiger partial charge in [0, 0.05) is 59.2 Å². The van der Waals surface area contributed by atoms with Crippen LogP contribution in [0.1, 0.15) is 24.2 Å². The Morgan fingerprint density at radius 2 is 1.87 bits per heavy atom. The molecule has 1 atom stereocenters. The van der Waals surface area contributed by atoms with E-state index in [1.165, 1.54) is 23.6 Å². The number of carbonyl (C=O) groups is 2. The number of pyridine rings is 3. The number of ether oxygens (including phenoxy) is 2. The van der Waals surface area contributed by atoms with E-state index in [0.717, 1.165) is 0 Å². The van der Waals surface area contributed by atoms with Crippen molar-refractivity contribution in [2.45, 2.75) is 32.0 Å². The molecule has 1 unspecified atom stereocenters. The topological polar surface area (TPSA) is 164 Å². The predicted octanol–water partition coefficient (Wildman–Crippen LogP) is 5.10. The molecule has 2 amide bonds. The molecule has 0 aliphatic carbocycles. The molecule has 1 fully saturated rings. The molecule has 1 aliphatic heterocycles. The quantitative estimate of drug-likeness (QED) is 0.181. The largest absolute Gasteiger partial charge is 0.493 e. The van der Waals surface area contributed by atoms with Gasteiger partial charge < -0.3 is 29.9 Å². The fourth-order valence-electron chi connectivity index (χ4n) is 5.55. The summed E-state index contributed by atoms with van der Waals surface area (Å²) < 4.78 is 12.6. The standard InChI is InChI=1S/C32H29Cl2N7O6/c1-46-24-12-18(14-41-30(24)38-25(16-42)39-41)29-28(34)21(10-11-35-29)20-4-3-5-22(27(20)33)23-8-6-17(31(37-23)47-2)13-40(32(44)45)15-19-7-9-26(43)36-19/h3-6,8,10-12,14,19,42H,7,9,13,15-16H2,1-2H3,(H,36,43)(H,44,45). The van der Waals surface area contributed by atoms with Crippen molar-refractivity contribution in [3.8, 4) is 45.3 Å². The van der Waals surface area contributed by atoms with Crippen molar-refractivity contribution in [2.75, 3.05) is 20.8 Å². The van der Waals surface area contributed by atoms with Crippen LogP contribution in [-0.2, 0) is 17.9 Å². The van der Waals surface area contributed by atoms with Gasteiger partial charge in [0.1, 0.15) is 6.61 Å². The van der Waals surface area contributed by atoms with E-state index in [9.17, 15) is 19.8 Å². The van der Waals surface area contributed by atoms with Gasteiger partial charge in [-0.25, -0.2) is 19.3 Å². The third-order valence-electron chi connectivity index (χ3n) is 7.82. The van der Waals surface area contributed by atoms with Crippen molar-refractivity contribution in [1.29, 1.82) is 0 Å². The summed E-state index contributed by atoms with van der Waals surface area (Å²) in [6, 6.07) is 12.2. The lowest BCUT2D eigenvalue weighted by atomic mass is 10.00. The van der Waals surface area contributed by atoms with Gasteiger partial charge in [-0.1, -0.05) is 41.4 Å². The second-order valence-corrected chi connectivity index (χ2v) is 11.5. The molecule has 242 valence electrons. The number of methoxy groups -OCH3 is 2. The molecule has 1 aliphatic rings. The molecular formula is C32H29Cl2N7O6. The number of amides is 2. The monoisotopic (exact) mass is 677 g/mol. The number of carbonyl (C=O) groups excluding carboxylic acids is 1. The third-order valence-corrected chi connectivity index (χ3v) is 8.61. The summed E-state index contributed by atoms with van der Waals surface area (Å²) in [5.41, 5.74) is 4.43. The number of aliphatic hydroxyl groups excluding tert-OH is 1. The lowest BCUT2D eigenvalue weighted by Gasteiger charge is -2.23. The molecule has 6 rings (SSSR count). The number of aromatic nitrogens is 5. The van der Waals surface area contributed by atoms with Crippen molar-refractivity contribution in [3.05, 3.63) is 76.3 Å². The van der Waals surface area contributed by atoms with E-state index >= 15 is 0 Å². The van der Waals surface area contributed by atoms with E-state index in [2.05, 4.69) is 25.4 Å². The van der Waals surface area contributed by atoms with Crippen LogP contribution in [0.4, 0.5) is 4.79 Å². The number of hydrogen-bond donors (Lipinski definition) is 3. The van der Waals surface area contributed by atoms with Gasteiger partial charge in [0.25, 0.3) is 0 Å². The van der Waals surface area contributed by atoms with Crippen LogP contribution in [0.15, 0.2) is 54.9 Å². The average molecular weight is 679 g/mol. The first-order valence-electron chi connectivity index (χ1n) is 14.5. The maximum atomic E-state index is 12.0. The number of fused-ring (bicyclic) bond motifs is 1. The zero-order valence-electron chi connectivity index (χ0n) is 25.3. The third kappa shape index (κ3) is 6.37. The summed E-state index contributed by atoms with van der Waals surface area (Å²) in [5, 5.41) is 27.1. The van der Waals surface area contributed by atoms with E-state index in [4.69, 9.17) is 32.7 Å². The highest BCUT2D eigenvalue weighted by Gasteiger charge is 2.26. The number of carboxylic acid groups (broad SMARTS) is 1. The summed E-state index contributed by atoms with van der Waals surface area (Å²) in [6.45, 7) is -0.152. The second kappa shape index (κ2) is 13.4. The minimum absolute atomic E-state index is 0.0216. The smallest absolute Gasteiger partial charge is 0.407 e. The van der Waals surface area contributed by atoms with E-state index < -0.39 is 6.09 Å². The maximum absolute atomic E-state index is 12.0. The molecular weight excluding hydrogens is 649 g/mol. The molecule has 15 heteroatoms. The molecule has 3 N–H and O–H groups in total. The van der Waals surface area contributed by atoms with Crippen LogP contribution in [0.25, 0.3) is 39.3 Å². The molecule has 47 heavy (non-hydrogen) atoms. The van der Waals surface area contributed by atoms with Crippen LogP contribution in [0, 0.1) is 0 Å². The van der Waals surface area contributed by atoms with E-state index in [1.54, 1.807) is 36.7 Å². The van der Waals surface area contributed by atoms with Crippen molar-refractivity contribution in [1.82, 2.24) is 34.8 Å². The number of aliphatic hydroxyl groups is 1. The lowest BCUT2D eigenvalue weighted by molar-refractivity contribution is -0.119. The van der Waals surface area contributed by atoms with Gasteiger partial charge in [-0.2, -0.15) is 0 Å². The Kier molecular flexibility index (Phi) is 9.12. The molecule has 0 radical (unpaired) electrons. The van der Waals surface area contributed by atoms with E-state index in [1.807, 2.05) is 18.2 Å². The summed E-state index contributed by atoms with van der Waals surface area (Å²) in [5.74, 6) is 0.835. The molecule has 4 aromatic heterocycles. The number of nitrogens with zero attached hydrogens (tertiary/aromatic N) is 6. The van der Waals surface area contributed by atoms with Crippen LogP contribution in [0.2, 0.25) is 10.0 Å². The van der Waals surface area contributed by atoms with Gasteiger partial charge in [-0.05, 0) is 30.7 Å². The Balaban J connectivity index is 1.33. The predicted molar refractivity (Wildman–Crippen MR) is 174 cm³/mol. The first-order chi connectivity index (χ1) is 22.7. The molecule has 0 bridgehead atoms. The van der Waals surface area contributed by atoms with Crippen LogP contribution in [-0.4, -0.2) is 78.5 Å². The Labute approximate surface area is 278 Å². The van der Waals surface area contributed by atoms with Crippen molar-refractivity contribution in [3.63, 3.8) is 0 Å². The Bertz CT molecular complexity index is 2000. The van der Waals surface area contributed by atoms with Gasteiger partial charge in [-0.3, -0.25) is 9.78 Å². The molecule has 0 saturated carbocycles. The fourth-order valence-corrected chi connectivity index (χ4v) is 6.20. The van der Waals surface area contributed by atoms with Gasteiger partial charge in [0.05, 0.1) is 42.2 Å². The molecule has 1 saturated heterocycles. The van der Waals surface area contributed by atoms with Gasteiger partial charge in [0.15, 0.2) is 17.2 Å². The molecule has 1 aromatic carbocycles. The Morgan fingerprint density at radius 1 is 1.09 bits per heavy atom. The van der Waals surface area contributed by atoms with Crippen LogP contribution < -0.4 is 14.8 Å². The van der Waals surface area contributed by atoms with Crippen LogP contribution >= 0.6 is 23.2 Å². The zero-order chi connectivity index (χ0) is 33.2. The fraction of sp³-hybridized carbons (Fsp3) is 0.250. The van der Waals surface area contributed by atoms with E-state index in [0.29, 0.717) is 73.5 Å². The number of nitrogens with one attached hydrogen (secondary N) is 1. The summed E-state index contributed by atoms with van der Waals surface area (Å²) in [7, 11) is 2.97.